The standard InChI is InChI=1S/C28H28FN3O3/c1-4-5-13-35-28(34)21-7-6-8-22(15-21)30-26(33)16-24-27(20-10-11-23(29)19(3)14-20)31-25-12-9-18(2)17-32(24)25/h6-12,14-15,17H,4-5,13,16H2,1-3H3,(H,30,33). The molecule has 0 saturated carbocycles. The van der Waals surface area contributed by atoms with E-state index < -0.39 is 5.97 Å². The number of esters is 1. The van der Waals surface area contributed by atoms with Gasteiger partial charge in [0.05, 0.1) is 30.0 Å². The number of ether oxygens (including phenoxy) is 1. The molecule has 0 aliphatic carbocycles. The first-order chi connectivity index (χ1) is 16.9. The number of hydrogen-bond acceptors (Lipinski definition) is 4. The van der Waals surface area contributed by atoms with Crippen LogP contribution in [0.1, 0.15) is 46.9 Å². The van der Waals surface area contributed by atoms with Gasteiger partial charge in [-0.3, -0.25) is 4.79 Å². The van der Waals surface area contributed by atoms with Gasteiger partial charge >= 0.3 is 5.97 Å². The van der Waals surface area contributed by atoms with Gasteiger partial charge in [-0.1, -0.05) is 25.5 Å². The Morgan fingerprint density at radius 2 is 1.91 bits per heavy atom. The molecule has 7 heteroatoms. The number of nitrogens with zero attached hydrogens (tertiary/aromatic N) is 2. The molecule has 35 heavy (non-hydrogen) atoms. The van der Waals surface area contributed by atoms with Crippen LogP contribution in [0.2, 0.25) is 0 Å². The number of anilines is 1. The Labute approximate surface area is 203 Å². The molecule has 4 aromatic rings. The van der Waals surface area contributed by atoms with Crippen LogP contribution in [-0.2, 0) is 16.0 Å². The monoisotopic (exact) mass is 473 g/mol. The summed E-state index contributed by atoms with van der Waals surface area (Å²) in [6.45, 7) is 6.06. The van der Waals surface area contributed by atoms with Crippen molar-refractivity contribution in [1.82, 2.24) is 9.38 Å². The molecule has 1 N–H and O–H groups in total. The minimum atomic E-state index is -0.416. The second-order valence-electron chi connectivity index (χ2n) is 8.60. The first-order valence-electron chi connectivity index (χ1n) is 11.7. The van der Waals surface area contributed by atoms with E-state index in [1.807, 2.05) is 36.6 Å². The fourth-order valence-electron chi connectivity index (χ4n) is 3.87. The van der Waals surface area contributed by atoms with Gasteiger partial charge in [0.2, 0.25) is 5.91 Å². The molecule has 2 aromatic carbocycles. The zero-order valence-corrected chi connectivity index (χ0v) is 20.1. The summed E-state index contributed by atoms with van der Waals surface area (Å²) in [5, 5.41) is 2.87. The van der Waals surface area contributed by atoms with Gasteiger partial charge in [0.1, 0.15) is 11.5 Å². The van der Waals surface area contributed by atoms with Crippen molar-refractivity contribution in [2.24, 2.45) is 0 Å². The molecule has 0 aliphatic rings. The number of halogens is 1. The third kappa shape index (κ3) is 5.57. The summed E-state index contributed by atoms with van der Waals surface area (Å²) in [5.41, 5.74) is 5.18. The van der Waals surface area contributed by atoms with Crippen molar-refractivity contribution in [2.75, 3.05) is 11.9 Å². The van der Waals surface area contributed by atoms with Crippen LogP contribution in [0.15, 0.2) is 60.8 Å². The molecule has 6 nitrogen and oxygen atoms in total. The number of carbonyl (C=O) groups is 2. The second-order valence-corrected chi connectivity index (χ2v) is 8.60. The fourth-order valence-corrected chi connectivity index (χ4v) is 3.87. The highest BCUT2D eigenvalue weighted by atomic mass is 19.1. The summed E-state index contributed by atoms with van der Waals surface area (Å²) in [7, 11) is 0. The third-order valence-corrected chi connectivity index (χ3v) is 5.74. The van der Waals surface area contributed by atoms with Crippen molar-refractivity contribution in [1.29, 1.82) is 0 Å². The van der Waals surface area contributed by atoms with E-state index in [-0.39, 0.29) is 18.1 Å². The summed E-state index contributed by atoms with van der Waals surface area (Å²) in [5.74, 6) is -0.966. The van der Waals surface area contributed by atoms with E-state index in [9.17, 15) is 14.0 Å². The maximum atomic E-state index is 13.9. The number of rotatable bonds is 8. The predicted octanol–water partition coefficient (Wildman–Crippen LogP) is 5.90. The molecule has 180 valence electrons. The highest BCUT2D eigenvalue weighted by Gasteiger charge is 2.18. The van der Waals surface area contributed by atoms with E-state index in [4.69, 9.17) is 9.72 Å². The second kappa shape index (κ2) is 10.5. The summed E-state index contributed by atoms with van der Waals surface area (Å²) in [4.78, 5) is 30.1. The molecule has 0 saturated heterocycles. The number of nitrogens with one attached hydrogen (secondary N) is 1. The zero-order valence-electron chi connectivity index (χ0n) is 20.1. The lowest BCUT2D eigenvalue weighted by Crippen LogP contribution is -2.16. The fraction of sp³-hybridized carbons (Fsp3) is 0.250. The van der Waals surface area contributed by atoms with Gasteiger partial charge in [0.15, 0.2) is 0 Å². The highest BCUT2D eigenvalue weighted by Crippen LogP contribution is 2.27. The molecule has 4 rings (SSSR count). The minimum Gasteiger partial charge on any atom is -0.462 e. The largest absolute Gasteiger partial charge is 0.462 e. The Hall–Kier alpha value is -4.00. The number of pyridine rings is 1. The molecule has 0 spiro atoms. The molecule has 0 radical (unpaired) electrons. The summed E-state index contributed by atoms with van der Waals surface area (Å²) in [6.07, 6.45) is 3.71. The van der Waals surface area contributed by atoms with E-state index in [1.54, 1.807) is 43.3 Å². The lowest BCUT2D eigenvalue weighted by Gasteiger charge is -2.10. The Balaban J connectivity index is 1.60. The third-order valence-electron chi connectivity index (χ3n) is 5.74. The maximum absolute atomic E-state index is 13.9. The number of hydrogen-bond donors (Lipinski definition) is 1. The van der Waals surface area contributed by atoms with Gasteiger partial charge in [-0.15, -0.1) is 0 Å². The number of carbonyl (C=O) groups excluding carboxylic acids is 2. The molecule has 2 heterocycles. The van der Waals surface area contributed by atoms with Crippen molar-refractivity contribution in [3.63, 3.8) is 0 Å². The van der Waals surface area contributed by atoms with E-state index >= 15 is 0 Å². The number of unbranched alkanes of at least 4 members (excludes halogenated alkanes) is 1. The maximum Gasteiger partial charge on any atom is 0.338 e. The van der Waals surface area contributed by atoms with Gasteiger partial charge in [-0.25, -0.2) is 14.2 Å². The average Bonchev–Trinajstić information content (AvgIpc) is 3.18. The smallest absolute Gasteiger partial charge is 0.338 e. The zero-order chi connectivity index (χ0) is 24.9. The van der Waals surface area contributed by atoms with Gasteiger partial charge < -0.3 is 14.5 Å². The van der Waals surface area contributed by atoms with Crippen LogP contribution < -0.4 is 5.32 Å². The van der Waals surface area contributed by atoms with Crippen molar-refractivity contribution >= 4 is 23.2 Å². The summed E-state index contributed by atoms with van der Waals surface area (Å²) in [6, 6.07) is 15.4. The molecule has 0 unspecified atom stereocenters. The molecule has 0 fully saturated rings. The molecule has 0 bridgehead atoms. The number of benzene rings is 2. The predicted molar refractivity (Wildman–Crippen MR) is 134 cm³/mol. The number of fused-ring (bicyclic) bond motifs is 1. The minimum absolute atomic E-state index is 0.0432. The van der Waals surface area contributed by atoms with Gasteiger partial charge in [0, 0.05) is 17.4 Å². The van der Waals surface area contributed by atoms with E-state index in [1.165, 1.54) is 6.07 Å². The Morgan fingerprint density at radius 3 is 2.69 bits per heavy atom. The van der Waals surface area contributed by atoms with Crippen molar-refractivity contribution in [3.05, 3.63) is 89.0 Å². The SMILES string of the molecule is CCCCOC(=O)c1cccc(NC(=O)Cc2c(-c3ccc(F)c(C)c3)nc3ccc(C)cn23)c1. The van der Waals surface area contributed by atoms with Crippen LogP contribution in [0.3, 0.4) is 0 Å². The lowest BCUT2D eigenvalue weighted by molar-refractivity contribution is -0.115. The number of aryl methyl sites for hydroxylation is 2. The van der Waals surface area contributed by atoms with Gasteiger partial charge in [0.25, 0.3) is 0 Å². The Kier molecular flexibility index (Phi) is 7.25. The highest BCUT2D eigenvalue weighted by molar-refractivity contribution is 5.96. The van der Waals surface area contributed by atoms with Crippen LogP contribution in [0.5, 0.6) is 0 Å². The number of amides is 1. The van der Waals surface area contributed by atoms with Gasteiger partial charge in [-0.2, -0.15) is 0 Å². The first-order valence-corrected chi connectivity index (χ1v) is 11.7. The molecular formula is C28H28FN3O3. The average molecular weight is 474 g/mol. The number of aromatic nitrogens is 2. The summed E-state index contributed by atoms with van der Waals surface area (Å²) < 4.78 is 21.0. The quantitative estimate of drug-likeness (QED) is 0.256. The molecule has 1 amide bonds. The first kappa shape index (κ1) is 24.1. The van der Waals surface area contributed by atoms with E-state index in [0.717, 1.165) is 24.0 Å². The van der Waals surface area contributed by atoms with Crippen LogP contribution in [0.4, 0.5) is 10.1 Å². The lowest BCUT2D eigenvalue weighted by atomic mass is 10.1. The van der Waals surface area contributed by atoms with E-state index in [0.29, 0.717) is 40.5 Å². The molecular weight excluding hydrogens is 445 g/mol. The number of imidazole rings is 1. The van der Waals surface area contributed by atoms with Gasteiger partial charge in [-0.05, 0) is 73.9 Å². The summed E-state index contributed by atoms with van der Waals surface area (Å²) >= 11 is 0. The normalized spacial score (nSPS) is 11.0. The Morgan fingerprint density at radius 1 is 1.09 bits per heavy atom. The van der Waals surface area contributed by atoms with E-state index in [2.05, 4.69) is 5.32 Å². The van der Waals surface area contributed by atoms with Crippen molar-refractivity contribution < 1.29 is 18.7 Å². The van der Waals surface area contributed by atoms with Crippen LogP contribution in [-0.4, -0.2) is 27.9 Å². The molecule has 2 aromatic heterocycles. The Bertz CT molecular complexity index is 1390. The van der Waals surface area contributed by atoms with Crippen molar-refractivity contribution in [2.45, 2.75) is 40.0 Å². The van der Waals surface area contributed by atoms with Crippen LogP contribution in [0, 0.1) is 19.7 Å². The van der Waals surface area contributed by atoms with Crippen LogP contribution in [0.25, 0.3) is 16.9 Å². The molecule has 0 atom stereocenters. The van der Waals surface area contributed by atoms with Crippen molar-refractivity contribution in [3.8, 4) is 11.3 Å². The molecule has 0 aliphatic heterocycles. The van der Waals surface area contributed by atoms with Crippen LogP contribution >= 0.6 is 0 Å². The topological polar surface area (TPSA) is 72.7 Å².